The van der Waals surface area contributed by atoms with Crippen molar-refractivity contribution in [3.63, 3.8) is 0 Å². The molecule has 1 atom stereocenters. The molecule has 0 spiro atoms. The van der Waals surface area contributed by atoms with E-state index in [4.69, 9.17) is 14.2 Å². The van der Waals surface area contributed by atoms with Crippen LogP contribution in [-0.4, -0.2) is 37.2 Å². The summed E-state index contributed by atoms with van der Waals surface area (Å²) in [6.45, 7) is 6.32. The Bertz CT molecular complexity index is 1630. The highest BCUT2D eigenvalue weighted by Crippen LogP contribution is 2.15. The van der Waals surface area contributed by atoms with Gasteiger partial charge in [-0.1, -0.05) is 257 Å². The molecule has 0 rings (SSSR count). The third-order valence-corrected chi connectivity index (χ3v) is 12.9. The van der Waals surface area contributed by atoms with Gasteiger partial charge in [-0.15, -0.1) is 0 Å². The van der Waals surface area contributed by atoms with Crippen molar-refractivity contribution in [3.05, 3.63) is 134 Å². The van der Waals surface area contributed by atoms with E-state index < -0.39 is 6.10 Å². The molecule has 0 bridgehead atoms. The molecule has 0 saturated carbocycles. The van der Waals surface area contributed by atoms with E-state index in [1.54, 1.807) is 0 Å². The van der Waals surface area contributed by atoms with Crippen molar-refractivity contribution in [2.24, 2.45) is 0 Å². The van der Waals surface area contributed by atoms with Crippen LogP contribution in [0.4, 0.5) is 0 Å². The second-order valence-electron chi connectivity index (χ2n) is 20.2. The van der Waals surface area contributed by atoms with Gasteiger partial charge in [0.15, 0.2) is 6.10 Å². The van der Waals surface area contributed by atoms with Crippen LogP contribution in [0.5, 0.6) is 0 Å². The fourth-order valence-corrected chi connectivity index (χ4v) is 8.26. The van der Waals surface area contributed by atoms with E-state index in [0.717, 1.165) is 148 Å². The first kappa shape index (κ1) is 71.5. The Morgan fingerprint density at radius 3 is 0.829 bits per heavy atom. The average Bonchev–Trinajstić information content (AvgIpc) is 3.42. The minimum absolute atomic E-state index is 0.0975. The zero-order valence-electron chi connectivity index (χ0n) is 49.2. The minimum Gasteiger partial charge on any atom is -0.462 e. The van der Waals surface area contributed by atoms with Gasteiger partial charge in [-0.3, -0.25) is 14.4 Å². The summed E-state index contributed by atoms with van der Waals surface area (Å²) in [4.78, 5) is 38.2. The molecule has 0 N–H and O–H groups in total. The quantitative estimate of drug-likeness (QED) is 0.0261. The van der Waals surface area contributed by atoms with Gasteiger partial charge in [0.05, 0.1) is 0 Å². The molecule has 430 valence electrons. The number of hydrogen-bond acceptors (Lipinski definition) is 6. The summed E-state index contributed by atoms with van der Waals surface area (Å²) in [6, 6.07) is 0. The van der Waals surface area contributed by atoms with E-state index in [-0.39, 0.29) is 37.5 Å². The van der Waals surface area contributed by atoms with E-state index in [1.165, 1.54) is 83.5 Å². The molecule has 0 aromatic carbocycles. The predicted octanol–water partition coefficient (Wildman–Crippen LogP) is 21.4. The highest BCUT2D eigenvalue weighted by atomic mass is 16.6. The van der Waals surface area contributed by atoms with Gasteiger partial charge in [-0.2, -0.15) is 0 Å². The van der Waals surface area contributed by atoms with Crippen LogP contribution in [0.3, 0.4) is 0 Å². The van der Waals surface area contributed by atoms with Gasteiger partial charge in [0, 0.05) is 19.3 Å². The van der Waals surface area contributed by atoms with E-state index in [9.17, 15) is 14.4 Å². The third kappa shape index (κ3) is 60.4. The number of ether oxygens (including phenoxy) is 3. The van der Waals surface area contributed by atoms with Crippen molar-refractivity contribution in [3.8, 4) is 0 Å². The van der Waals surface area contributed by atoms with E-state index in [0.29, 0.717) is 12.8 Å². The summed E-state index contributed by atoms with van der Waals surface area (Å²) in [5, 5.41) is 0. The number of esters is 3. The summed E-state index contributed by atoms with van der Waals surface area (Å²) < 4.78 is 16.8. The largest absolute Gasteiger partial charge is 0.462 e. The van der Waals surface area contributed by atoms with Crippen LogP contribution >= 0.6 is 0 Å². The zero-order valence-corrected chi connectivity index (χ0v) is 49.2. The fraction of sp³-hybridized carbons (Fsp3) is 0.643. The maximum absolute atomic E-state index is 12.9. The number of allylic oxidation sites excluding steroid dienone is 22. The lowest BCUT2D eigenvalue weighted by Crippen LogP contribution is -2.30. The molecule has 76 heavy (non-hydrogen) atoms. The Balaban J connectivity index is 4.27. The normalized spacial score (nSPS) is 13.0. The Kier molecular flexibility index (Phi) is 59.4. The summed E-state index contributed by atoms with van der Waals surface area (Å²) in [7, 11) is 0. The number of carbonyl (C=O) groups is 3. The molecule has 0 aliphatic carbocycles. The topological polar surface area (TPSA) is 78.9 Å². The monoisotopic (exact) mass is 1050 g/mol. The molecule has 0 amide bonds. The van der Waals surface area contributed by atoms with Crippen molar-refractivity contribution < 1.29 is 28.6 Å². The van der Waals surface area contributed by atoms with Crippen LogP contribution in [0.15, 0.2) is 134 Å². The van der Waals surface area contributed by atoms with Crippen LogP contribution in [0, 0.1) is 0 Å². The van der Waals surface area contributed by atoms with Crippen molar-refractivity contribution in [1.29, 1.82) is 0 Å². The van der Waals surface area contributed by atoms with E-state index in [2.05, 4.69) is 154 Å². The van der Waals surface area contributed by atoms with Gasteiger partial charge in [0.1, 0.15) is 13.2 Å². The highest BCUT2D eigenvalue weighted by Gasteiger charge is 2.19. The first-order chi connectivity index (χ1) is 37.5. The lowest BCUT2D eigenvalue weighted by atomic mass is 10.0. The van der Waals surface area contributed by atoms with E-state index in [1.807, 2.05) is 0 Å². The maximum Gasteiger partial charge on any atom is 0.306 e. The Morgan fingerprint density at radius 1 is 0.276 bits per heavy atom. The predicted molar refractivity (Wildman–Crippen MR) is 329 cm³/mol. The van der Waals surface area contributed by atoms with Crippen molar-refractivity contribution >= 4 is 17.9 Å². The molecule has 0 heterocycles. The van der Waals surface area contributed by atoms with Gasteiger partial charge in [-0.05, 0) is 128 Å². The molecule has 0 radical (unpaired) electrons. The number of unbranched alkanes of at least 4 members (excludes halogenated alkanes) is 22. The number of rotatable bonds is 55. The Labute approximate surface area is 468 Å². The minimum atomic E-state index is -0.803. The van der Waals surface area contributed by atoms with Gasteiger partial charge in [0.25, 0.3) is 0 Å². The zero-order chi connectivity index (χ0) is 55.0. The van der Waals surface area contributed by atoms with E-state index >= 15 is 0 Å². The van der Waals surface area contributed by atoms with Crippen LogP contribution in [0.25, 0.3) is 0 Å². The molecular formula is C70H114O6. The number of hydrogen-bond donors (Lipinski definition) is 0. The molecule has 0 saturated heterocycles. The molecule has 6 nitrogen and oxygen atoms in total. The smallest absolute Gasteiger partial charge is 0.306 e. The van der Waals surface area contributed by atoms with Crippen molar-refractivity contribution in [2.75, 3.05) is 13.2 Å². The SMILES string of the molecule is CC/C=C\C/C=C\C/C=C\C/C=C\C/C=C\CCCCCCCCCCCCCCCC(=O)OCC(COC(=O)CCCCCCC/C=C\CCC)OC(=O)CCCCC/C=C\C/C=C\C/C=C\C/C=C\C/C=C\CC. The molecule has 0 aliphatic rings. The van der Waals surface area contributed by atoms with Gasteiger partial charge >= 0.3 is 17.9 Å². The van der Waals surface area contributed by atoms with Gasteiger partial charge in [0.2, 0.25) is 0 Å². The summed E-state index contributed by atoms with van der Waals surface area (Å²) in [5.74, 6) is -0.943. The molecule has 0 aromatic heterocycles. The molecular weight excluding hydrogens is 937 g/mol. The highest BCUT2D eigenvalue weighted by molar-refractivity contribution is 5.71. The summed E-state index contributed by atoms with van der Waals surface area (Å²) in [5.41, 5.74) is 0. The molecule has 1 unspecified atom stereocenters. The maximum atomic E-state index is 12.9. The first-order valence-corrected chi connectivity index (χ1v) is 31.2. The Morgan fingerprint density at radius 2 is 0.513 bits per heavy atom. The standard InChI is InChI=1S/C70H114O6/c1-4-7-10-13-16-19-22-24-26-28-30-31-32-33-34-35-36-37-38-39-41-42-44-46-48-51-54-57-60-63-69(72)75-66-67(65-74-68(71)62-59-56-53-50-21-18-15-12-9-6-3)76-70(73)64-61-58-55-52-49-47-45-43-40-29-27-25-23-20-17-14-11-8-5-2/h7-8,10-12,15-17,19-20,24-27,30-31,33-34,40,43,47,49,67H,4-6,9,13-14,18,21-23,28-29,32,35-39,41-42,44-46,48,50-66H2,1-3H3/b10-7-,11-8-,15-12-,19-16-,20-17-,26-24-,27-25-,31-30-,34-33-,43-40-,49-47-. The molecule has 0 aliphatic heterocycles. The molecule has 6 heteroatoms. The third-order valence-electron chi connectivity index (χ3n) is 12.9. The van der Waals surface area contributed by atoms with Crippen molar-refractivity contribution in [1.82, 2.24) is 0 Å². The second kappa shape index (κ2) is 63.1. The summed E-state index contributed by atoms with van der Waals surface area (Å²) >= 11 is 0. The van der Waals surface area contributed by atoms with Gasteiger partial charge < -0.3 is 14.2 Å². The van der Waals surface area contributed by atoms with Crippen LogP contribution < -0.4 is 0 Å². The molecule has 0 aromatic rings. The first-order valence-electron chi connectivity index (χ1n) is 31.2. The van der Waals surface area contributed by atoms with Gasteiger partial charge in [-0.25, -0.2) is 0 Å². The lowest BCUT2D eigenvalue weighted by molar-refractivity contribution is -0.167. The lowest BCUT2D eigenvalue weighted by Gasteiger charge is -2.18. The van der Waals surface area contributed by atoms with Crippen molar-refractivity contribution in [2.45, 2.75) is 277 Å². The second-order valence-corrected chi connectivity index (χ2v) is 20.2. The number of carbonyl (C=O) groups excluding carboxylic acids is 3. The molecule has 0 fully saturated rings. The van der Waals surface area contributed by atoms with Crippen LogP contribution in [-0.2, 0) is 28.6 Å². The average molecular weight is 1050 g/mol. The van der Waals surface area contributed by atoms with Crippen LogP contribution in [0.1, 0.15) is 271 Å². The Hall–Kier alpha value is -4.45. The summed E-state index contributed by atoms with van der Waals surface area (Å²) in [6.07, 6.45) is 88.9. The fourth-order valence-electron chi connectivity index (χ4n) is 8.26. The van der Waals surface area contributed by atoms with Crippen LogP contribution in [0.2, 0.25) is 0 Å².